The molecule has 2 aromatic carbocycles. The molecule has 0 aliphatic heterocycles. The molecule has 6 nitrogen and oxygen atoms in total. The number of amides is 1. The van der Waals surface area contributed by atoms with Crippen LogP contribution in [0, 0.1) is 5.82 Å². The molecule has 122 valence electrons. The van der Waals surface area contributed by atoms with E-state index >= 15 is 0 Å². The smallest absolute Gasteiger partial charge is 0.234 e. The molecule has 0 spiro atoms. The molecule has 3 N–H and O–H groups in total. The minimum Gasteiger partial charge on any atom is -0.335 e. The van der Waals surface area contributed by atoms with Crippen molar-refractivity contribution in [3.63, 3.8) is 0 Å². The van der Waals surface area contributed by atoms with E-state index in [9.17, 15) is 9.18 Å². The monoisotopic (exact) mass is 343 g/mol. The molecule has 1 amide bonds. The molecule has 0 bridgehead atoms. The Morgan fingerprint density at radius 3 is 2.71 bits per heavy atom. The van der Waals surface area contributed by atoms with Gasteiger partial charge in [-0.15, -0.1) is 10.2 Å². The Balaban J connectivity index is 1.65. The van der Waals surface area contributed by atoms with Gasteiger partial charge in [0.05, 0.1) is 5.75 Å². The minimum absolute atomic E-state index is 0.132. The van der Waals surface area contributed by atoms with Gasteiger partial charge in [0.2, 0.25) is 11.1 Å². The van der Waals surface area contributed by atoms with Gasteiger partial charge in [-0.2, -0.15) is 0 Å². The molecule has 0 unspecified atom stereocenters. The molecular formula is C16H14FN5OS. The molecule has 0 saturated heterocycles. The fourth-order valence-corrected chi connectivity index (χ4v) is 2.71. The van der Waals surface area contributed by atoms with E-state index in [1.807, 2.05) is 18.2 Å². The van der Waals surface area contributed by atoms with Gasteiger partial charge >= 0.3 is 0 Å². The van der Waals surface area contributed by atoms with Crippen LogP contribution in [0.25, 0.3) is 11.4 Å². The maximum atomic E-state index is 13.3. The lowest BCUT2D eigenvalue weighted by molar-refractivity contribution is -0.113. The van der Waals surface area contributed by atoms with Gasteiger partial charge in [0.25, 0.3) is 0 Å². The Morgan fingerprint density at radius 2 is 1.96 bits per heavy atom. The number of carbonyl (C=O) groups is 1. The number of nitrogens with two attached hydrogens (primary N) is 1. The van der Waals surface area contributed by atoms with Gasteiger partial charge in [-0.05, 0) is 24.3 Å². The van der Waals surface area contributed by atoms with Crippen LogP contribution in [0.2, 0.25) is 0 Å². The molecule has 0 radical (unpaired) electrons. The number of anilines is 1. The van der Waals surface area contributed by atoms with E-state index in [0.29, 0.717) is 16.5 Å². The molecule has 0 atom stereocenters. The standard InChI is InChI=1S/C16H14FN5OS/c17-12-6-4-5-11(9-12)15-20-21-16(22(15)18)24-10-14(23)19-13-7-2-1-3-8-13/h1-9H,10,18H2,(H,19,23). The summed E-state index contributed by atoms with van der Waals surface area (Å²) >= 11 is 1.15. The van der Waals surface area contributed by atoms with Crippen LogP contribution in [0.15, 0.2) is 59.8 Å². The Kier molecular flexibility index (Phi) is 4.76. The summed E-state index contributed by atoms with van der Waals surface area (Å²) in [5.74, 6) is 5.85. The Labute approximate surface area is 141 Å². The molecular weight excluding hydrogens is 329 g/mol. The number of hydrogen-bond donors (Lipinski definition) is 2. The van der Waals surface area contributed by atoms with Crippen molar-refractivity contribution in [2.24, 2.45) is 0 Å². The van der Waals surface area contributed by atoms with Crippen molar-refractivity contribution in [2.75, 3.05) is 16.9 Å². The second-order valence-electron chi connectivity index (χ2n) is 4.89. The van der Waals surface area contributed by atoms with E-state index in [1.165, 1.54) is 16.8 Å². The first-order valence-electron chi connectivity index (χ1n) is 7.07. The van der Waals surface area contributed by atoms with Crippen LogP contribution in [-0.4, -0.2) is 26.5 Å². The lowest BCUT2D eigenvalue weighted by Crippen LogP contribution is -2.16. The van der Waals surface area contributed by atoms with E-state index in [1.54, 1.807) is 24.3 Å². The molecule has 24 heavy (non-hydrogen) atoms. The third-order valence-corrected chi connectivity index (χ3v) is 4.08. The predicted molar refractivity (Wildman–Crippen MR) is 91.4 cm³/mol. The van der Waals surface area contributed by atoms with E-state index in [0.717, 1.165) is 17.4 Å². The van der Waals surface area contributed by atoms with Crippen molar-refractivity contribution < 1.29 is 9.18 Å². The highest BCUT2D eigenvalue weighted by atomic mass is 32.2. The maximum Gasteiger partial charge on any atom is 0.234 e. The number of nitrogen functional groups attached to an aromatic ring is 1. The quantitative estimate of drug-likeness (QED) is 0.549. The summed E-state index contributed by atoms with van der Waals surface area (Å²) in [7, 11) is 0. The number of nitrogens with one attached hydrogen (secondary N) is 1. The van der Waals surface area contributed by atoms with Gasteiger partial charge in [0.1, 0.15) is 5.82 Å². The van der Waals surface area contributed by atoms with E-state index in [2.05, 4.69) is 15.5 Å². The van der Waals surface area contributed by atoms with Crippen molar-refractivity contribution in [3.8, 4) is 11.4 Å². The number of rotatable bonds is 5. The van der Waals surface area contributed by atoms with Crippen LogP contribution in [0.4, 0.5) is 10.1 Å². The fraction of sp³-hybridized carbons (Fsp3) is 0.0625. The van der Waals surface area contributed by atoms with Crippen molar-refractivity contribution >= 4 is 23.4 Å². The number of benzene rings is 2. The van der Waals surface area contributed by atoms with E-state index in [-0.39, 0.29) is 17.5 Å². The number of halogens is 1. The lowest BCUT2D eigenvalue weighted by atomic mass is 10.2. The highest BCUT2D eigenvalue weighted by Gasteiger charge is 2.14. The van der Waals surface area contributed by atoms with Crippen molar-refractivity contribution in [1.29, 1.82) is 0 Å². The summed E-state index contributed by atoms with van der Waals surface area (Å²) in [6.45, 7) is 0. The Bertz CT molecular complexity index is 853. The van der Waals surface area contributed by atoms with Crippen LogP contribution < -0.4 is 11.2 Å². The molecule has 0 saturated carbocycles. The number of nitrogens with zero attached hydrogens (tertiary/aromatic N) is 3. The van der Waals surface area contributed by atoms with Crippen LogP contribution >= 0.6 is 11.8 Å². The van der Waals surface area contributed by atoms with Crippen LogP contribution in [0.3, 0.4) is 0 Å². The second-order valence-corrected chi connectivity index (χ2v) is 5.83. The number of carbonyl (C=O) groups excluding carboxylic acids is 1. The van der Waals surface area contributed by atoms with Crippen molar-refractivity contribution in [2.45, 2.75) is 5.16 Å². The number of hydrogen-bond acceptors (Lipinski definition) is 5. The van der Waals surface area contributed by atoms with E-state index in [4.69, 9.17) is 5.84 Å². The predicted octanol–water partition coefficient (Wildman–Crippen LogP) is 2.53. The van der Waals surface area contributed by atoms with Gasteiger partial charge in [-0.25, -0.2) is 9.07 Å². The molecule has 0 aliphatic carbocycles. The molecule has 3 rings (SSSR count). The van der Waals surface area contributed by atoms with Crippen molar-refractivity contribution in [1.82, 2.24) is 14.9 Å². The molecule has 0 aliphatic rings. The zero-order valence-electron chi connectivity index (χ0n) is 12.5. The topological polar surface area (TPSA) is 85.8 Å². The number of thioether (sulfide) groups is 1. The summed E-state index contributed by atoms with van der Waals surface area (Å²) in [6.07, 6.45) is 0. The van der Waals surface area contributed by atoms with Crippen LogP contribution in [-0.2, 0) is 4.79 Å². The molecule has 3 aromatic rings. The van der Waals surface area contributed by atoms with Crippen LogP contribution in [0.5, 0.6) is 0 Å². The average molecular weight is 343 g/mol. The largest absolute Gasteiger partial charge is 0.335 e. The summed E-state index contributed by atoms with van der Waals surface area (Å²) < 4.78 is 14.5. The van der Waals surface area contributed by atoms with Gasteiger partial charge in [0.15, 0.2) is 5.82 Å². The summed E-state index contributed by atoms with van der Waals surface area (Å²) in [5.41, 5.74) is 1.24. The summed E-state index contributed by atoms with van der Waals surface area (Å²) in [6, 6.07) is 15.1. The molecule has 1 heterocycles. The van der Waals surface area contributed by atoms with Gasteiger partial charge in [-0.1, -0.05) is 42.1 Å². The average Bonchev–Trinajstić information content (AvgIpc) is 2.95. The highest BCUT2D eigenvalue weighted by Crippen LogP contribution is 2.22. The zero-order chi connectivity index (χ0) is 16.9. The molecule has 8 heteroatoms. The number of para-hydroxylation sites is 1. The van der Waals surface area contributed by atoms with Gasteiger partial charge < -0.3 is 11.2 Å². The summed E-state index contributed by atoms with van der Waals surface area (Å²) in [4.78, 5) is 11.9. The third-order valence-electron chi connectivity index (χ3n) is 3.14. The van der Waals surface area contributed by atoms with Gasteiger partial charge in [-0.3, -0.25) is 4.79 Å². The number of aromatic nitrogens is 3. The maximum absolute atomic E-state index is 13.3. The lowest BCUT2D eigenvalue weighted by Gasteiger charge is -2.05. The van der Waals surface area contributed by atoms with Gasteiger partial charge in [0, 0.05) is 11.3 Å². The SMILES string of the molecule is Nn1c(SCC(=O)Nc2ccccc2)nnc1-c1cccc(F)c1. The van der Waals surface area contributed by atoms with Crippen LogP contribution in [0.1, 0.15) is 0 Å². The third kappa shape index (κ3) is 3.72. The first kappa shape index (κ1) is 16.0. The first-order valence-corrected chi connectivity index (χ1v) is 8.06. The minimum atomic E-state index is -0.382. The fourth-order valence-electron chi connectivity index (χ4n) is 2.05. The Hall–Kier alpha value is -2.87. The molecule has 0 fully saturated rings. The highest BCUT2D eigenvalue weighted by molar-refractivity contribution is 7.99. The second kappa shape index (κ2) is 7.14. The van der Waals surface area contributed by atoms with Crippen molar-refractivity contribution in [3.05, 3.63) is 60.4 Å². The Morgan fingerprint density at radius 1 is 1.17 bits per heavy atom. The summed E-state index contributed by atoms with van der Waals surface area (Å²) in [5, 5.41) is 11.0. The van der Waals surface area contributed by atoms with E-state index < -0.39 is 0 Å². The zero-order valence-corrected chi connectivity index (χ0v) is 13.3. The molecule has 1 aromatic heterocycles. The normalized spacial score (nSPS) is 10.5. The first-order chi connectivity index (χ1) is 11.6.